The molecular formula is C24H16ClNO4. The number of carbonyl (C=O) groups is 1. The van der Waals surface area contributed by atoms with E-state index in [9.17, 15) is 14.7 Å². The van der Waals surface area contributed by atoms with Gasteiger partial charge in [-0.2, -0.15) is 0 Å². The average Bonchev–Trinajstić information content (AvgIpc) is 3.03. The van der Waals surface area contributed by atoms with Gasteiger partial charge in [0.05, 0.1) is 17.0 Å². The number of aryl methyl sites for hydroxylation is 1. The van der Waals surface area contributed by atoms with Gasteiger partial charge in [0.15, 0.2) is 5.43 Å². The Labute approximate surface area is 176 Å². The van der Waals surface area contributed by atoms with Crippen molar-refractivity contribution in [3.63, 3.8) is 0 Å². The number of amides is 1. The Kier molecular flexibility index (Phi) is 4.15. The van der Waals surface area contributed by atoms with Crippen LogP contribution in [0, 0.1) is 6.92 Å². The van der Waals surface area contributed by atoms with Crippen LogP contribution >= 0.6 is 11.6 Å². The molecule has 1 aromatic heterocycles. The molecule has 148 valence electrons. The summed E-state index contributed by atoms with van der Waals surface area (Å²) in [4.78, 5) is 28.4. The molecule has 0 radical (unpaired) electrons. The van der Waals surface area contributed by atoms with Gasteiger partial charge in [-0.15, -0.1) is 0 Å². The lowest BCUT2D eigenvalue weighted by molar-refractivity contribution is 0.0971. The van der Waals surface area contributed by atoms with Crippen molar-refractivity contribution < 1.29 is 14.3 Å². The third-order valence-electron chi connectivity index (χ3n) is 5.35. The average molecular weight is 418 g/mol. The first-order valence-corrected chi connectivity index (χ1v) is 9.77. The minimum absolute atomic E-state index is 0.0217. The number of benzene rings is 3. The van der Waals surface area contributed by atoms with Crippen molar-refractivity contribution in [3.05, 3.63) is 104 Å². The molecule has 0 aliphatic carbocycles. The number of rotatable bonds is 2. The maximum atomic E-state index is 13.5. The van der Waals surface area contributed by atoms with Crippen LogP contribution in [-0.4, -0.2) is 11.0 Å². The van der Waals surface area contributed by atoms with E-state index in [1.807, 2.05) is 31.2 Å². The summed E-state index contributed by atoms with van der Waals surface area (Å²) in [5.41, 5.74) is 2.67. The van der Waals surface area contributed by atoms with Crippen LogP contribution in [0.15, 0.2) is 75.9 Å². The first kappa shape index (κ1) is 18.5. The Bertz CT molecular complexity index is 1360. The lowest BCUT2D eigenvalue weighted by Crippen LogP contribution is -2.29. The van der Waals surface area contributed by atoms with Gasteiger partial charge in [-0.3, -0.25) is 14.5 Å². The van der Waals surface area contributed by atoms with Gasteiger partial charge in [0.2, 0.25) is 5.76 Å². The SMILES string of the molecule is Cc1ccc(N2C(=O)c3oc4ccc(Cl)cc4c(=O)c3C2c2ccc(O)cc2)cc1. The normalized spacial score (nSPS) is 15.6. The Hall–Kier alpha value is -3.57. The molecule has 1 aliphatic rings. The molecular weight excluding hydrogens is 402 g/mol. The van der Waals surface area contributed by atoms with Crippen molar-refractivity contribution in [2.45, 2.75) is 13.0 Å². The Morgan fingerprint density at radius 3 is 2.37 bits per heavy atom. The predicted molar refractivity (Wildman–Crippen MR) is 115 cm³/mol. The first-order chi connectivity index (χ1) is 14.4. The van der Waals surface area contributed by atoms with Crippen LogP contribution in [0.5, 0.6) is 5.75 Å². The standard InChI is InChI=1S/C24H16ClNO4/c1-13-2-7-16(8-3-13)26-21(14-4-9-17(27)10-5-14)20-22(28)18-12-15(25)6-11-19(18)30-23(20)24(26)29/h2-12,21,27H,1H3. The number of carbonyl (C=O) groups excluding carboxylic acids is 1. The second-order valence-electron chi connectivity index (χ2n) is 7.32. The number of aromatic hydroxyl groups is 1. The van der Waals surface area contributed by atoms with Gasteiger partial charge >= 0.3 is 0 Å². The van der Waals surface area contributed by atoms with Gasteiger partial charge in [0.1, 0.15) is 11.3 Å². The van der Waals surface area contributed by atoms with Crippen molar-refractivity contribution >= 4 is 34.2 Å². The van der Waals surface area contributed by atoms with Gasteiger partial charge in [-0.05, 0) is 55.0 Å². The second kappa shape index (κ2) is 6.75. The van der Waals surface area contributed by atoms with Crippen LogP contribution in [0.25, 0.3) is 11.0 Å². The molecule has 1 amide bonds. The van der Waals surface area contributed by atoms with Gasteiger partial charge in [0.25, 0.3) is 5.91 Å². The largest absolute Gasteiger partial charge is 0.508 e. The zero-order chi connectivity index (χ0) is 21.0. The number of fused-ring (bicyclic) bond motifs is 2. The molecule has 2 heterocycles. The molecule has 0 bridgehead atoms. The monoisotopic (exact) mass is 417 g/mol. The summed E-state index contributed by atoms with van der Waals surface area (Å²) >= 11 is 6.09. The number of nitrogens with zero attached hydrogens (tertiary/aromatic N) is 1. The van der Waals surface area contributed by atoms with Gasteiger partial charge in [-0.25, -0.2) is 0 Å². The molecule has 4 aromatic rings. The van der Waals surface area contributed by atoms with E-state index in [-0.39, 0.29) is 28.4 Å². The van der Waals surface area contributed by atoms with Gasteiger partial charge in [-0.1, -0.05) is 41.4 Å². The number of anilines is 1. The number of hydrogen-bond donors (Lipinski definition) is 1. The van der Waals surface area contributed by atoms with Crippen molar-refractivity contribution in [2.24, 2.45) is 0 Å². The van der Waals surface area contributed by atoms with E-state index in [1.165, 1.54) is 12.1 Å². The number of phenolic OH excluding ortho intramolecular Hbond substituents is 1. The van der Waals surface area contributed by atoms with Crippen LogP contribution in [0.4, 0.5) is 5.69 Å². The first-order valence-electron chi connectivity index (χ1n) is 9.39. The molecule has 0 saturated carbocycles. The summed E-state index contributed by atoms with van der Waals surface area (Å²) in [7, 11) is 0. The highest BCUT2D eigenvalue weighted by molar-refractivity contribution is 6.31. The molecule has 30 heavy (non-hydrogen) atoms. The molecule has 0 saturated heterocycles. The fourth-order valence-corrected chi connectivity index (χ4v) is 4.06. The maximum Gasteiger partial charge on any atom is 0.295 e. The molecule has 3 aromatic carbocycles. The van der Waals surface area contributed by atoms with Crippen LogP contribution in [-0.2, 0) is 0 Å². The van der Waals surface area contributed by atoms with E-state index in [4.69, 9.17) is 16.0 Å². The van der Waals surface area contributed by atoms with E-state index in [2.05, 4.69) is 0 Å². The van der Waals surface area contributed by atoms with E-state index < -0.39 is 6.04 Å². The number of phenols is 1. The van der Waals surface area contributed by atoms with Crippen LogP contribution in [0.3, 0.4) is 0 Å². The molecule has 6 heteroatoms. The van der Waals surface area contributed by atoms with Crippen LogP contribution in [0.1, 0.15) is 33.3 Å². The smallest absolute Gasteiger partial charge is 0.295 e. The summed E-state index contributed by atoms with van der Waals surface area (Å²) in [5.74, 6) is -0.267. The van der Waals surface area contributed by atoms with Crippen LogP contribution < -0.4 is 10.3 Å². The Morgan fingerprint density at radius 1 is 0.967 bits per heavy atom. The quantitative estimate of drug-likeness (QED) is 0.486. The second-order valence-corrected chi connectivity index (χ2v) is 7.76. The predicted octanol–water partition coefficient (Wildman–Crippen LogP) is 5.21. The maximum absolute atomic E-state index is 13.5. The molecule has 0 spiro atoms. The molecule has 0 fully saturated rings. The van der Waals surface area contributed by atoms with E-state index in [1.54, 1.807) is 35.2 Å². The van der Waals surface area contributed by atoms with E-state index in [0.717, 1.165) is 5.56 Å². The summed E-state index contributed by atoms with van der Waals surface area (Å²) in [6.07, 6.45) is 0. The summed E-state index contributed by atoms with van der Waals surface area (Å²) in [6.45, 7) is 1.96. The molecule has 5 nitrogen and oxygen atoms in total. The number of hydrogen-bond acceptors (Lipinski definition) is 4. The fourth-order valence-electron chi connectivity index (χ4n) is 3.89. The zero-order valence-corrected chi connectivity index (χ0v) is 16.7. The van der Waals surface area contributed by atoms with Crippen molar-refractivity contribution in [1.82, 2.24) is 0 Å². The molecule has 5 rings (SSSR count). The minimum Gasteiger partial charge on any atom is -0.508 e. The lowest BCUT2D eigenvalue weighted by atomic mass is 9.98. The summed E-state index contributed by atoms with van der Waals surface area (Å²) < 4.78 is 5.90. The topological polar surface area (TPSA) is 70.8 Å². The van der Waals surface area contributed by atoms with Crippen molar-refractivity contribution in [3.8, 4) is 5.75 Å². The van der Waals surface area contributed by atoms with Crippen molar-refractivity contribution in [2.75, 3.05) is 4.90 Å². The molecule has 1 N–H and O–H groups in total. The Balaban J connectivity index is 1.81. The van der Waals surface area contributed by atoms with E-state index >= 15 is 0 Å². The fraction of sp³-hybridized carbons (Fsp3) is 0.0833. The molecule has 1 aliphatic heterocycles. The number of halogens is 1. The van der Waals surface area contributed by atoms with Crippen molar-refractivity contribution in [1.29, 1.82) is 0 Å². The molecule has 1 atom stereocenters. The Morgan fingerprint density at radius 2 is 1.67 bits per heavy atom. The van der Waals surface area contributed by atoms with Gasteiger partial charge < -0.3 is 9.52 Å². The zero-order valence-electron chi connectivity index (χ0n) is 15.9. The third-order valence-corrected chi connectivity index (χ3v) is 5.59. The highest BCUT2D eigenvalue weighted by atomic mass is 35.5. The van der Waals surface area contributed by atoms with Gasteiger partial charge in [0, 0.05) is 10.7 Å². The van der Waals surface area contributed by atoms with E-state index in [0.29, 0.717) is 27.2 Å². The minimum atomic E-state index is -0.685. The lowest BCUT2D eigenvalue weighted by Gasteiger charge is -2.25. The highest BCUT2D eigenvalue weighted by Crippen LogP contribution is 2.41. The highest BCUT2D eigenvalue weighted by Gasteiger charge is 2.43. The summed E-state index contributed by atoms with van der Waals surface area (Å²) in [5, 5.41) is 10.4. The van der Waals surface area contributed by atoms with Crippen LogP contribution in [0.2, 0.25) is 5.02 Å². The summed E-state index contributed by atoms with van der Waals surface area (Å²) in [6, 6.07) is 18.0. The molecule has 1 unspecified atom stereocenters. The third kappa shape index (κ3) is 2.78.